The number of H-pyrrole nitrogens is 2. The highest BCUT2D eigenvalue weighted by molar-refractivity contribution is 6.06. The molecule has 63 heavy (non-hydrogen) atoms. The van der Waals surface area contributed by atoms with Crippen LogP contribution < -0.4 is 36.0 Å². The molecule has 4 N–H and O–H groups in total. The van der Waals surface area contributed by atoms with Crippen molar-refractivity contribution in [2.75, 3.05) is 30.5 Å². The Hall–Kier alpha value is -7.09. The van der Waals surface area contributed by atoms with E-state index in [4.69, 9.17) is 19.2 Å². The van der Waals surface area contributed by atoms with Crippen LogP contribution in [0.1, 0.15) is 105 Å². The molecule has 3 heterocycles. The molecule has 2 amide bonds. The van der Waals surface area contributed by atoms with E-state index in [0.717, 1.165) is 24.2 Å². The van der Waals surface area contributed by atoms with E-state index >= 15 is 0 Å². The molecule has 6 aromatic rings. The molecule has 0 radical (unpaired) electrons. The predicted molar refractivity (Wildman–Crippen MR) is 247 cm³/mol. The van der Waals surface area contributed by atoms with Crippen molar-refractivity contribution in [3.63, 3.8) is 0 Å². The Kier molecular flexibility index (Phi) is 17.3. The van der Waals surface area contributed by atoms with Crippen molar-refractivity contribution >= 4 is 23.2 Å². The van der Waals surface area contributed by atoms with Gasteiger partial charge in [0.1, 0.15) is 28.9 Å². The quantitative estimate of drug-likeness (QED) is 0.0649. The standard InChI is InChI=1S/C26H31N3O4.C23H26N4O3/c1-5-15-33-23-14-13-17(27-26(31)19-11-9-10-12-22(19)32-8-4)16-20(23)24-28-21(7-3)18(6-2)25(30)29-24;1-4-12-30-20-10-9-16(25-22(28)15-8-7-11-24-14-15)13-18(20)21-26-19(6-3)17(5-2)23(29)27-21/h9-14,16H,5-8,15H2,1-4H3,(H,27,31)(H,28,29,30);7-11,13-14H,4-6,12H2,1-3H3,(H,25,28)(H,26,27,29). The number of nitrogens with one attached hydrogen (secondary N) is 4. The van der Waals surface area contributed by atoms with Crippen molar-refractivity contribution in [2.24, 2.45) is 0 Å². The Morgan fingerprint density at radius 1 is 0.587 bits per heavy atom. The van der Waals surface area contributed by atoms with E-state index in [1.165, 1.54) is 6.20 Å². The van der Waals surface area contributed by atoms with E-state index in [-0.39, 0.29) is 22.9 Å². The van der Waals surface area contributed by atoms with Crippen molar-refractivity contribution in [1.29, 1.82) is 0 Å². The summed E-state index contributed by atoms with van der Waals surface area (Å²) >= 11 is 0. The fourth-order valence-corrected chi connectivity index (χ4v) is 6.75. The number of anilines is 2. The number of carbonyl (C=O) groups excluding carboxylic acids is 2. The smallest absolute Gasteiger partial charge is 0.259 e. The second-order valence-corrected chi connectivity index (χ2v) is 14.3. The topological polar surface area (TPSA) is 190 Å². The fourth-order valence-electron chi connectivity index (χ4n) is 6.75. The molecule has 0 spiro atoms. The fraction of sp³-hybridized carbons (Fsp3) is 0.327. The van der Waals surface area contributed by atoms with Crippen LogP contribution in [-0.2, 0) is 25.7 Å². The van der Waals surface area contributed by atoms with Crippen molar-refractivity contribution < 1.29 is 23.8 Å². The van der Waals surface area contributed by atoms with Crippen molar-refractivity contribution in [1.82, 2.24) is 24.9 Å². The molecule has 14 heteroatoms. The lowest BCUT2D eigenvalue weighted by molar-refractivity contribution is 0.101. The van der Waals surface area contributed by atoms with Gasteiger partial charge in [-0.25, -0.2) is 9.97 Å². The van der Waals surface area contributed by atoms with Crippen LogP contribution in [-0.4, -0.2) is 56.6 Å². The second kappa shape index (κ2) is 23.2. The third-order valence-electron chi connectivity index (χ3n) is 9.84. The number of hydrogen-bond donors (Lipinski definition) is 4. The Balaban J connectivity index is 0.000000239. The van der Waals surface area contributed by atoms with Gasteiger partial charge >= 0.3 is 0 Å². The number of pyridine rings is 1. The third kappa shape index (κ3) is 12.1. The van der Waals surface area contributed by atoms with Crippen LogP contribution in [0.25, 0.3) is 22.8 Å². The first-order valence-corrected chi connectivity index (χ1v) is 21.6. The number of benzene rings is 3. The highest BCUT2D eigenvalue weighted by Gasteiger charge is 2.19. The molecule has 0 aliphatic heterocycles. The van der Waals surface area contributed by atoms with Gasteiger partial charge in [-0.3, -0.25) is 24.2 Å². The average molecular weight is 856 g/mol. The summed E-state index contributed by atoms with van der Waals surface area (Å²) in [5.74, 6) is 2.01. The zero-order chi connectivity index (χ0) is 45.3. The summed E-state index contributed by atoms with van der Waals surface area (Å²) in [6.07, 6.45) is 7.33. The van der Waals surface area contributed by atoms with Crippen molar-refractivity contribution in [3.8, 4) is 40.0 Å². The Bertz CT molecular complexity index is 2610. The molecular formula is C49H57N7O7. The molecule has 3 aromatic heterocycles. The number of aryl methyl sites for hydroxylation is 2. The van der Waals surface area contributed by atoms with E-state index in [1.54, 1.807) is 72.9 Å². The number of rotatable bonds is 18. The molecule has 0 saturated carbocycles. The molecule has 6 rings (SSSR count). The molecule has 0 atom stereocenters. The maximum atomic E-state index is 13.0. The van der Waals surface area contributed by atoms with Crippen LogP contribution in [0.4, 0.5) is 11.4 Å². The van der Waals surface area contributed by atoms with Gasteiger partial charge in [0.05, 0.1) is 53.5 Å². The predicted octanol–water partition coefficient (Wildman–Crippen LogP) is 9.00. The first-order chi connectivity index (χ1) is 30.6. The normalized spacial score (nSPS) is 10.7. The Morgan fingerprint density at radius 2 is 1.11 bits per heavy atom. The maximum absolute atomic E-state index is 13.0. The van der Waals surface area contributed by atoms with Gasteiger partial charge in [-0.15, -0.1) is 0 Å². The number of amides is 2. The van der Waals surface area contributed by atoms with Crippen LogP contribution in [0.3, 0.4) is 0 Å². The second-order valence-electron chi connectivity index (χ2n) is 14.3. The van der Waals surface area contributed by atoms with Crippen LogP contribution in [0.5, 0.6) is 17.2 Å². The first kappa shape index (κ1) is 47.0. The van der Waals surface area contributed by atoms with Crippen LogP contribution in [0.2, 0.25) is 0 Å². The molecule has 330 valence electrons. The van der Waals surface area contributed by atoms with Gasteiger partial charge in [0.2, 0.25) is 0 Å². The molecule has 0 bridgehead atoms. The monoisotopic (exact) mass is 855 g/mol. The first-order valence-electron chi connectivity index (χ1n) is 21.6. The van der Waals surface area contributed by atoms with Crippen LogP contribution in [0, 0.1) is 0 Å². The van der Waals surface area contributed by atoms with E-state index in [2.05, 4.69) is 30.6 Å². The lowest BCUT2D eigenvalue weighted by Gasteiger charge is -2.15. The summed E-state index contributed by atoms with van der Waals surface area (Å²) in [6.45, 7) is 15.3. The third-order valence-corrected chi connectivity index (χ3v) is 9.84. The van der Waals surface area contributed by atoms with Gasteiger partial charge in [0.25, 0.3) is 22.9 Å². The minimum Gasteiger partial charge on any atom is -0.493 e. The summed E-state index contributed by atoms with van der Waals surface area (Å²) in [5.41, 5.74) is 5.89. The SMILES string of the molecule is CCCOc1ccc(NC(=O)c2ccccc2OCC)cc1-c1nc(CC)c(CC)c(=O)[nH]1.CCCOc1ccc(NC(=O)c2cccnc2)cc1-c1nc(CC)c(CC)c(=O)[nH]1. The van der Waals surface area contributed by atoms with Crippen LogP contribution >= 0.6 is 0 Å². The summed E-state index contributed by atoms with van der Waals surface area (Å²) in [6, 6.07) is 21.1. The van der Waals surface area contributed by atoms with E-state index in [1.807, 2.05) is 54.5 Å². The zero-order valence-corrected chi connectivity index (χ0v) is 37.1. The van der Waals surface area contributed by atoms with Gasteiger partial charge in [0, 0.05) is 34.9 Å². The van der Waals surface area contributed by atoms with Crippen molar-refractivity contribution in [2.45, 2.75) is 87.0 Å². The highest BCUT2D eigenvalue weighted by Crippen LogP contribution is 2.33. The molecule has 3 aromatic carbocycles. The summed E-state index contributed by atoms with van der Waals surface area (Å²) in [7, 11) is 0. The lowest BCUT2D eigenvalue weighted by Crippen LogP contribution is -2.18. The number of nitrogens with zero attached hydrogens (tertiary/aromatic N) is 3. The number of ether oxygens (including phenoxy) is 3. The zero-order valence-electron chi connectivity index (χ0n) is 37.1. The Labute approximate surface area is 367 Å². The number of carbonyl (C=O) groups is 2. The summed E-state index contributed by atoms with van der Waals surface area (Å²) in [5, 5.41) is 5.79. The molecule has 0 unspecified atom stereocenters. The minimum atomic E-state index is -0.288. The lowest BCUT2D eigenvalue weighted by atomic mass is 10.1. The number of hydrogen-bond acceptors (Lipinski definition) is 10. The van der Waals surface area contributed by atoms with Gasteiger partial charge in [-0.1, -0.05) is 53.7 Å². The van der Waals surface area contributed by atoms with Gasteiger partial charge in [-0.2, -0.15) is 0 Å². The van der Waals surface area contributed by atoms with Gasteiger partial charge < -0.3 is 34.8 Å². The minimum absolute atomic E-state index is 0.148. The van der Waals surface area contributed by atoms with E-state index < -0.39 is 0 Å². The summed E-state index contributed by atoms with van der Waals surface area (Å²) in [4.78, 5) is 69.9. The van der Waals surface area contributed by atoms with Gasteiger partial charge in [-0.05, 0) is 106 Å². The molecule has 0 aliphatic rings. The maximum Gasteiger partial charge on any atom is 0.259 e. The van der Waals surface area contributed by atoms with Gasteiger partial charge in [0.15, 0.2) is 0 Å². The number of aromatic nitrogens is 5. The largest absolute Gasteiger partial charge is 0.493 e. The Morgan fingerprint density at radius 3 is 1.57 bits per heavy atom. The highest BCUT2D eigenvalue weighted by atomic mass is 16.5. The van der Waals surface area contributed by atoms with E-state index in [0.29, 0.717) is 119 Å². The molecule has 0 aliphatic carbocycles. The molecule has 14 nitrogen and oxygen atoms in total. The average Bonchev–Trinajstić information content (AvgIpc) is 3.30. The van der Waals surface area contributed by atoms with E-state index in [9.17, 15) is 19.2 Å². The van der Waals surface area contributed by atoms with Crippen molar-refractivity contribution in [3.05, 3.63) is 140 Å². The molecular weight excluding hydrogens is 799 g/mol. The number of aromatic amines is 2. The van der Waals surface area contributed by atoms with Crippen LogP contribution in [0.15, 0.2) is 94.8 Å². The number of para-hydroxylation sites is 1. The molecule has 0 saturated heterocycles. The summed E-state index contributed by atoms with van der Waals surface area (Å²) < 4.78 is 17.4. The molecule has 0 fully saturated rings.